The van der Waals surface area contributed by atoms with Crippen molar-refractivity contribution in [2.24, 2.45) is 10.7 Å². The topological polar surface area (TPSA) is 116 Å². The summed E-state index contributed by atoms with van der Waals surface area (Å²) in [5, 5.41) is 3.80. The fourth-order valence-electron chi connectivity index (χ4n) is 2.07. The quantitative estimate of drug-likeness (QED) is 0.678. The van der Waals surface area contributed by atoms with E-state index in [2.05, 4.69) is 20.1 Å². The number of hydrogen-bond donors (Lipinski definition) is 2. The number of nitrogens with zero attached hydrogens (tertiary/aromatic N) is 4. The molecule has 1 aromatic carbocycles. The molecule has 0 unspecified atom stereocenters. The molecule has 0 spiro atoms. The zero-order valence-corrected chi connectivity index (χ0v) is 13.4. The highest BCUT2D eigenvalue weighted by molar-refractivity contribution is 6.10. The maximum absolute atomic E-state index is 13.8. The molecule has 0 aliphatic rings. The Morgan fingerprint density at radius 3 is 2.69 bits per heavy atom. The first-order valence-electron chi connectivity index (χ1n) is 7.48. The van der Waals surface area contributed by atoms with Gasteiger partial charge < -0.3 is 16.0 Å². The smallest absolute Gasteiger partial charge is 0.183 e. The standard InChI is InChI=1S/C17H14F2N6O/c18-11-4-2-1-3-10(11)8-22-15(14-5-6-26-25-14)7-13(20)17-23-9-12(19)16(21)24-17/h1-7,9H,8,20H2,(H2,21,23,24). The minimum atomic E-state index is -0.744. The number of halogens is 2. The van der Waals surface area contributed by atoms with Crippen LogP contribution in [0.1, 0.15) is 17.1 Å². The van der Waals surface area contributed by atoms with Gasteiger partial charge >= 0.3 is 0 Å². The van der Waals surface area contributed by atoms with E-state index in [0.29, 0.717) is 17.0 Å². The van der Waals surface area contributed by atoms with Crippen molar-refractivity contribution in [2.75, 3.05) is 5.73 Å². The monoisotopic (exact) mass is 356 g/mol. The Bertz CT molecular complexity index is 969. The number of hydrogen-bond acceptors (Lipinski definition) is 7. The highest BCUT2D eigenvalue weighted by Crippen LogP contribution is 2.13. The molecule has 0 fully saturated rings. The summed E-state index contributed by atoms with van der Waals surface area (Å²) in [7, 11) is 0. The largest absolute Gasteiger partial charge is 0.396 e. The fraction of sp³-hybridized carbons (Fsp3) is 0.0588. The van der Waals surface area contributed by atoms with Crippen molar-refractivity contribution in [3.05, 3.63) is 77.6 Å². The van der Waals surface area contributed by atoms with Crippen LogP contribution in [0.25, 0.3) is 5.70 Å². The lowest BCUT2D eigenvalue weighted by molar-refractivity contribution is 0.418. The highest BCUT2D eigenvalue weighted by atomic mass is 19.1. The van der Waals surface area contributed by atoms with E-state index in [9.17, 15) is 8.78 Å². The second-order valence-corrected chi connectivity index (χ2v) is 5.20. The molecular weight excluding hydrogens is 342 g/mol. The Labute approximate surface area is 147 Å². The van der Waals surface area contributed by atoms with Crippen LogP contribution >= 0.6 is 0 Å². The Morgan fingerprint density at radius 2 is 2.00 bits per heavy atom. The summed E-state index contributed by atoms with van der Waals surface area (Å²) in [6, 6.07) is 7.85. The number of nitrogen functional groups attached to an aromatic ring is 1. The van der Waals surface area contributed by atoms with Crippen LogP contribution in [0.5, 0.6) is 0 Å². The Balaban J connectivity index is 1.95. The van der Waals surface area contributed by atoms with Gasteiger partial charge in [0.2, 0.25) is 0 Å². The van der Waals surface area contributed by atoms with Gasteiger partial charge in [-0.2, -0.15) is 0 Å². The third-order valence-electron chi connectivity index (χ3n) is 3.40. The molecule has 26 heavy (non-hydrogen) atoms. The van der Waals surface area contributed by atoms with E-state index in [4.69, 9.17) is 16.0 Å². The van der Waals surface area contributed by atoms with Crippen LogP contribution < -0.4 is 11.5 Å². The minimum absolute atomic E-state index is 0.0333. The molecule has 3 rings (SSSR count). The van der Waals surface area contributed by atoms with Crippen LogP contribution in [0.3, 0.4) is 0 Å². The van der Waals surface area contributed by atoms with E-state index in [1.807, 2.05) is 0 Å². The van der Waals surface area contributed by atoms with Crippen LogP contribution in [0.15, 0.2) is 58.4 Å². The fourth-order valence-corrected chi connectivity index (χ4v) is 2.07. The van der Waals surface area contributed by atoms with Gasteiger partial charge in [0.25, 0.3) is 0 Å². The normalized spacial score (nSPS) is 12.4. The molecule has 0 atom stereocenters. The first-order chi connectivity index (χ1) is 12.5. The zero-order valence-electron chi connectivity index (χ0n) is 13.4. The number of aromatic nitrogens is 3. The molecule has 0 saturated carbocycles. The lowest BCUT2D eigenvalue weighted by atomic mass is 10.2. The summed E-state index contributed by atoms with van der Waals surface area (Å²) in [5.74, 6) is -1.41. The van der Waals surface area contributed by atoms with Gasteiger partial charge in [-0.15, -0.1) is 0 Å². The first kappa shape index (κ1) is 17.2. The predicted octanol–water partition coefficient (Wildman–Crippen LogP) is 2.31. The Kier molecular flexibility index (Phi) is 4.97. The van der Waals surface area contributed by atoms with Crippen LogP contribution in [-0.4, -0.2) is 20.8 Å². The Hall–Kier alpha value is -3.62. The van der Waals surface area contributed by atoms with Crippen molar-refractivity contribution in [1.29, 1.82) is 0 Å². The lowest BCUT2D eigenvalue weighted by Crippen LogP contribution is -2.09. The second-order valence-electron chi connectivity index (χ2n) is 5.20. The molecule has 0 radical (unpaired) electrons. The first-order valence-corrected chi connectivity index (χ1v) is 7.48. The molecule has 0 bridgehead atoms. The van der Waals surface area contributed by atoms with Crippen molar-refractivity contribution in [3.63, 3.8) is 0 Å². The van der Waals surface area contributed by atoms with Gasteiger partial charge in [0, 0.05) is 11.6 Å². The molecule has 0 saturated heterocycles. The summed E-state index contributed by atoms with van der Waals surface area (Å²) in [6.07, 6.45) is 3.72. The maximum atomic E-state index is 13.8. The molecule has 2 aromatic heterocycles. The van der Waals surface area contributed by atoms with Crippen molar-refractivity contribution < 1.29 is 13.3 Å². The Morgan fingerprint density at radius 1 is 1.19 bits per heavy atom. The predicted molar refractivity (Wildman–Crippen MR) is 91.7 cm³/mol. The van der Waals surface area contributed by atoms with Gasteiger partial charge in [-0.3, -0.25) is 4.99 Å². The minimum Gasteiger partial charge on any atom is -0.396 e. The van der Waals surface area contributed by atoms with Gasteiger partial charge in [0.15, 0.2) is 17.5 Å². The van der Waals surface area contributed by atoms with Gasteiger partial charge in [-0.05, 0) is 12.1 Å². The van der Waals surface area contributed by atoms with E-state index >= 15 is 0 Å². The summed E-state index contributed by atoms with van der Waals surface area (Å²) in [4.78, 5) is 11.9. The average molecular weight is 356 g/mol. The van der Waals surface area contributed by atoms with Crippen LogP contribution in [0.2, 0.25) is 0 Å². The number of anilines is 1. The van der Waals surface area contributed by atoms with E-state index in [-0.39, 0.29) is 29.7 Å². The van der Waals surface area contributed by atoms with Gasteiger partial charge in [0.05, 0.1) is 24.2 Å². The molecule has 9 heteroatoms. The molecule has 0 aliphatic heterocycles. The van der Waals surface area contributed by atoms with Gasteiger partial charge in [-0.1, -0.05) is 23.4 Å². The molecule has 132 valence electrons. The molecule has 7 nitrogen and oxygen atoms in total. The number of benzene rings is 1. The zero-order chi connectivity index (χ0) is 18.5. The second kappa shape index (κ2) is 7.51. The summed E-state index contributed by atoms with van der Waals surface area (Å²) >= 11 is 0. The number of allylic oxidation sites excluding steroid dienone is 1. The highest BCUT2D eigenvalue weighted by Gasteiger charge is 2.10. The number of nitrogens with two attached hydrogens (primary N) is 2. The SMILES string of the molecule is NC(=CC(=NCc1ccccc1F)c1ccon1)c1ncc(F)c(N)n1. The molecule has 0 aliphatic carbocycles. The van der Waals surface area contributed by atoms with Gasteiger partial charge in [0.1, 0.15) is 17.8 Å². The summed E-state index contributed by atoms with van der Waals surface area (Å²) < 4.78 is 31.8. The third kappa shape index (κ3) is 3.89. The number of aliphatic imine (C=N–C) groups is 1. The van der Waals surface area contributed by atoms with Crippen LogP contribution in [-0.2, 0) is 6.54 Å². The van der Waals surface area contributed by atoms with Crippen molar-refractivity contribution in [2.45, 2.75) is 6.54 Å². The van der Waals surface area contributed by atoms with E-state index in [1.165, 1.54) is 18.4 Å². The molecule has 0 amide bonds. The summed E-state index contributed by atoms with van der Waals surface area (Å²) in [6.45, 7) is 0.0606. The van der Waals surface area contributed by atoms with E-state index in [0.717, 1.165) is 6.20 Å². The van der Waals surface area contributed by atoms with Crippen molar-refractivity contribution >= 4 is 17.2 Å². The van der Waals surface area contributed by atoms with E-state index < -0.39 is 5.82 Å². The van der Waals surface area contributed by atoms with Crippen LogP contribution in [0, 0.1) is 11.6 Å². The molecule has 3 aromatic rings. The van der Waals surface area contributed by atoms with Crippen molar-refractivity contribution in [3.8, 4) is 0 Å². The lowest BCUT2D eigenvalue weighted by Gasteiger charge is -2.04. The summed E-state index contributed by atoms with van der Waals surface area (Å²) in [5.41, 5.74) is 12.6. The average Bonchev–Trinajstić information content (AvgIpc) is 3.16. The maximum Gasteiger partial charge on any atom is 0.183 e. The molecule has 4 N–H and O–H groups in total. The third-order valence-corrected chi connectivity index (χ3v) is 3.40. The number of rotatable bonds is 5. The molecular formula is C17H14F2N6O. The molecule has 2 heterocycles. The van der Waals surface area contributed by atoms with E-state index in [1.54, 1.807) is 24.3 Å². The van der Waals surface area contributed by atoms with Crippen molar-refractivity contribution in [1.82, 2.24) is 15.1 Å². The van der Waals surface area contributed by atoms with Gasteiger partial charge in [-0.25, -0.2) is 18.7 Å². The van der Waals surface area contributed by atoms with Crippen LogP contribution in [0.4, 0.5) is 14.6 Å².